The Morgan fingerprint density at radius 2 is 2.10 bits per heavy atom. The average molecular weight is 292 g/mol. The van der Waals surface area contributed by atoms with Gasteiger partial charge in [-0.05, 0) is 38.2 Å². The zero-order chi connectivity index (χ0) is 15.1. The van der Waals surface area contributed by atoms with Crippen LogP contribution in [-0.2, 0) is 4.74 Å². The summed E-state index contributed by atoms with van der Waals surface area (Å²) in [5.41, 5.74) is 1.04. The first-order valence-electron chi connectivity index (χ1n) is 7.54. The summed E-state index contributed by atoms with van der Waals surface area (Å²) < 4.78 is 18.6. The molecule has 0 aromatic heterocycles. The van der Waals surface area contributed by atoms with Gasteiger partial charge < -0.3 is 9.64 Å². The Kier molecular flexibility index (Phi) is 6.36. The van der Waals surface area contributed by atoms with Gasteiger partial charge in [0.25, 0.3) is 0 Å². The van der Waals surface area contributed by atoms with E-state index in [2.05, 4.69) is 30.0 Å². The number of benzene rings is 1. The second-order valence-corrected chi connectivity index (χ2v) is 5.80. The normalized spacial score (nSPS) is 20.5. The molecular formula is C17H25FN2O. The lowest BCUT2D eigenvalue weighted by molar-refractivity contribution is -0.0304. The molecule has 1 saturated heterocycles. The minimum absolute atomic E-state index is 0.191. The maximum absolute atomic E-state index is 12.8. The van der Waals surface area contributed by atoms with Crippen LogP contribution in [0.25, 0.3) is 6.08 Å². The smallest absolute Gasteiger partial charge is 0.123 e. The third-order valence-electron chi connectivity index (χ3n) is 3.67. The first-order valence-corrected chi connectivity index (χ1v) is 7.54. The van der Waals surface area contributed by atoms with E-state index in [0.717, 1.165) is 44.8 Å². The Hall–Kier alpha value is -1.23. The molecule has 1 aromatic rings. The largest absolute Gasteiger partial charge is 0.376 e. The highest BCUT2D eigenvalue weighted by molar-refractivity contribution is 5.48. The molecule has 1 heterocycles. The fraction of sp³-hybridized carbons (Fsp3) is 0.529. The van der Waals surface area contributed by atoms with Crippen molar-refractivity contribution in [1.82, 2.24) is 9.80 Å². The summed E-state index contributed by atoms with van der Waals surface area (Å²) in [7, 11) is 4.18. The van der Waals surface area contributed by atoms with E-state index in [1.54, 1.807) is 12.1 Å². The van der Waals surface area contributed by atoms with Gasteiger partial charge in [-0.15, -0.1) is 0 Å². The molecule has 0 bridgehead atoms. The van der Waals surface area contributed by atoms with Crippen molar-refractivity contribution in [2.75, 3.05) is 46.9 Å². The van der Waals surface area contributed by atoms with Gasteiger partial charge in [-0.2, -0.15) is 0 Å². The molecule has 0 amide bonds. The molecule has 4 heteroatoms. The van der Waals surface area contributed by atoms with E-state index in [-0.39, 0.29) is 5.82 Å². The van der Waals surface area contributed by atoms with Crippen molar-refractivity contribution < 1.29 is 9.13 Å². The van der Waals surface area contributed by atoms with E-state index < -0.39 is 0 Å². The summed E-state index contributed by atoms with van der Waals surface area (Å²) in [6.07, 6.45) is 5.59. The van der Waals surface area contributed by atoms with E-state index in [4.69, 9.17) is 4.74 Å². The van der Waals surface area contributed by atoms with Crippen LogP contribution in [0.4, 0.5) is 4.39 Å². The molecule has 1 aliphatic rings. The molecule has 1 aliphatic heterocycles. The van der Waals surface area contributed by atoms with E-state index in [9.17, 15) is 4.39 Å². The molecule has 116 valence electrons. The minimum atomic E-state index is -0.191. The van der Waals surface area contributed by atoms with Crippen molar-refractivity contribution in [3.05, 3.63) is 41.7 Å². The highest BCUT2D eigenvalue weighted by atomic mass is 19.1. The van der Waals surface area contributed by atoms with Gasteiger partial charge in [0.15, 0.2) is 0 Å². The standard InChI is InChI=1S/C17H25FN2O/c1-19(2)11-9-17-14-20(12-13-21-17)10-3-4-15-5-7-16(18)8-6-15/h3-8,17H,9-14H2,1-2H3. The predicted molar refractivity (Wildman–Crippen MR) is 84.8 cm³/mol. The second kappa shape index (κ2) is 8.27. The molecule has 1 aromatic carbocycles. The second-order valence-electron chi connectivity index (χ2n) is 5.80. The first-order chi connectivity index (χ1) is 10.1. The lowest BCUT2D eigenvalue weighted by Gasteiger charge is -2.32. The lowest BCUT2D eigenvalue weighted by atomic mass is 10.2. The predicted octanol–water partition coefficient (Wildman–Crippen LogP) is 2.49. The van der Waals surface area contributed by atoms with Crippen LogP contribution in [0, 0.1) is 5.82 Å². The molecule has 3 nitrogen and oxygen atoms in total. The van der Waals surface area contributed by atoms with Crippen molar-refractivity contribution in [2.45, 2.75) is 12.5 Å². The third-order valence-corrected chi connectivity index (χ3v) is 3.67. The van der Waals surface area contributed by atoms with Gasteiger partial charge in [0.2, 0.25) is 0 Å². The molecule has 0 radical (unpaired) electrons. The Bertz CT molecular complexity index is 445. The van der Waals surface area contributed by atoms with Gasteiger partial charge in [0.1, 0.15) is 5.82 Å². The van der Waals surface area contributed by atoms with E-state index in [0.29, 0.717) is 6.10 Å². The fourth-order valence-electron chi connectivity index (χ4n) is 2.43. The number of hydrogen-bond donors (Lipinski definition) is 0. The van der Waals surface area contributed by atoms with Gasteiger partial charge in [-0.25, -0.2) is 4.39 Å². The fourth-order valence-corrected chi connectivity index (χ4v) is 2.43. The first kappa shape index (κ1) is 16.1. The Morgan fingerprint density at radius 1 is 1.33 bits per heavy atom. The SMILES string of the molecule is CN(C)CCC1CN(CC=Cc2ccc(F)cc2)CCO1. The van der Waals surface area contributed by atoms with Crippen LogP contribution in [-0.4, -0.2) is 62.8 Å². The molecule has 1 unspecified atom stereocenters. The maximum atomic E-state index is 12.8. The number of morpholine rings is 1. The van der Waals surface area contributed by atoms with Crippen LogP contribution < -0.4 is 0 Å². The highest BCUT2D eigenvalue weighted by Gasteiger charge is 2.19. The van der Waals surface area contributed by atoms with Gasteiger partial charge in [0, 0.05) is 26.2 Å². The van der Waals surface area contributed by atoms with E-state index in [1.165, 1.54) is 12.1 Å². The summed E-state index contributed by atoms with van der Waals surface area (Å²) in [5, 5.41) is 0. The quantitative estimate of drug-likeness (QED) is 0.801. The summed E-state index contributed by atoms with van der Waals surface area (Å²) >= 11 is 0. The molecule has 1 fully saturated rings. The molecular weight excluding hydrogens is 267 g/mol. The van der Waals surface area contributed by atoms with Crippen molar-refractivity contribution >= 4 is 6.08 Å². The Balaban J connectivity index is 1.75. The summed E-state index contributed by atoms with van der Waals surface area (Å²) in [6.45, 7) is 4.75. The number of hydrogen-bond acceptors (Lipinski definition) is 3. The van der Waals surface area contributed by atoms with Crippen LogP contribution in [0.3, 0.4) is 0 Å². The van der Waals surface area contributed by atoms with Crippen molar-refractivity contribution in [2.24, 2.45) is 0 Å². The van der Waals surface area contributed by atoms with E-state index in [1.807, 2.05) is 6.08 Å². The summed E-state index contributed by atoms with van der Waals surface area (Å²) in [4.78, 5) is 4.60. The van der Waals surface area contributed by atoms with Gasteiger partial charge in [-0.1, -0.05) is 24.3 Å². The zero-order valence-corrected chi connectivity index (χ0v) is 13.0. The van der Waals surface area contributed by atoms with Gasteiger partial charge in [0.05, 0.1) is 12.7 Å². The Morgan fingerprint density at radius 3 is 2.81 bits per heavy atom. The minimum Gasteiger partial charge on any atom is -0.376 e. The molecule has 21 heavy (non-hydrogen) atoms. The topological polar surface area (TPSA) is 15.7 Å². The lowest BCUT2D eigenvalue weighted by Crippen LogP contribution is -2.43. The third kappa shape index (κ3) is 5.96. The average Bonchev–Trinajstić information content (AvgIpc) is 2.48. The molecule has 1 atom stereocenters. The number of halogens is 1. The number of ether oxygens (including phenoxy) is 1. The maximum Gasteiger partial charge on any atom is 0.123 e. The monoisotopic (exact) mass is 292 g/mol. The van der Waals surface area contributed by atoms with Crippen LogP contribution in [0.15, 0.2) is 30.3 Å². The molecule has 0 saturated carbocycles. The van der Waals surface area contributed by atoms with Crippen molar-refractivity contribution in [1.29, 1.82) is 0 Å². The molecule has 2 rings (SSSR count). The van der Waals surface area contributed by atoms with Gasteiger partial charge >= 0.3 is 0 Å². The highest BCUT2D eigenvalue weighted by Crippen LogP contribution is 2.10. The summed E-state index contributed by atoms with van der Waals surface area (Å²) in [6, 6.07) is 6.58. The van der Waals surface area contributed by atoms with Crippen LogP contribution >= 0.6 is 0 Å². The number of rotatable bonds is 6. The van der Waals surface area contributed by atoms with Crippen molar-refractivity contribution in [3.63, 3.8) is 0 Å². The van der Waals surface area contributed by atoms with E-state index >= 15 is 0 Å². The number of nitrogens with zero attached hydrogens (tertiary/aromatic N) is 2. The molecule has 0 spiro atoms. The van der Waals surface area contributed by atoms with Crippen LogP contribution in [0.1, 0.15) is 12.0 Å². The van der Waals surface area contributed by atoms with Crippen LogP contribution in [0.2, 0.25) is 0 Å². The van der Waals surface area contributed by atoms with Crippen molar-refractivity contribution in [3.8, 4) is 0 Å². The zero-order valence-electron chi connectivity index (χ0n) is 13.0. The molecule has 0 N–H and O–H groups in total. The molecule has 0 aliphatic carbocycles. The van der Waals surface area contributed by atoms with Crippen LogP contribution in [0.5, 0.6) is 0 Å². The van der Waals surface area contributed by atoms with Gasteiger partial charge in [-0.3, -0.25) is 4.90 Å². The Labute approximate surface area is 127 Å². The summed E-state index contributed by atoms with van der Waals surface area (Å²) in [5.74, 6) is -0.191.